The highest BCUT2D eigenvalue weighted by Crippen LogP contribution is 2.38. The zero-order chi connectivity index (χ0) is 26.3. The van der Waals surface area contributed by atoms with Crippen molar-refractivity contribution in [3.8, 4) is 5.69 Å². The van der Waals surface area contributed by atoms with Crippen LogP contribution >= 0.6 is 35.0 Å². The SMILES string of the molecule is CC(C)(c1ccc(Cl)c(S(C)(=O)=O)c1)c1cnc(SCc2ccc(F)cc2Cl)n1-c1ccc(F)cc1. The number of hydrogen-bond acceptors (Lipinski definition) is 4. The van der Waals surface area contributed by atoms with Crippen molar-refractivity contribution < 1.29 is 17.2 Å². The topological polar surface area (TPSA) is 52.0 Å². The molecule has 0 aliphatic heterocycles. The number of rotatable bonds is 7. The predicted octanol–water partition coefficient (Wildman–Crippen LogP) is 7.48. The summed E-state index contributed by atoms with van der Waals surface area (Å²) >= 11 is 13.8. The predicted molar refractivity (Wildman–Crippen MR) is 141 cm³/mol. The van der Waals surface area contributed by atoms with E-state index in [2.05, 4.69) is 4.98 Å². The average Bonchev–Trinajstić information content (AvgIpc) is 3.23. The van der Waals surface area contributed by atoms with E-state index in [1.807, 2.05) is 18.4 Å². The molecule has 0 aliphatic carbocycles. The van der Waals surface area contributed by atoms with Crippen LogP contribution in [-0.4, -0.2) is 24.2 Å². The minimum atomic E-state index is -3.55. The fraction of sp³-hybridized carbons (Fsp3) is 0.192. The molecular formula is C26H22Cl2F2N2O2S2. The molecule has 188 valence electrons. The van der Waals surface area contributed by atoms with Gasteiger partial charge in [-0.05, 0) is 59.7 Å². The van der Waals surface area contributed by atoms with Gasteiger partial charge >= 0.3 is 0 Å². The van der Waals surface area contributed by atoms with Crippen molar-refractivity contribution in [2.45, 2.75) is 35.1 Å². The van der Waals surface area contributed by atoms with Crippen molar-refractivity contribution in [2.24, 2.45) is 0 Å². The summed E-state index contributed by atoms with van der Waals surface area (Å²) in [6, 6.07) is 15.2. The molecule has 0 radical (unpaired) electrons. The molecule has 1 aromatic heterocycles. The van der Waals surface area contributed by atoms with Crippen LogP contribution in [0.15, 0.2) is 76.9 Å². The van der Waals surface area contributed by atoms with Gasteiger partial charge in [0.05, 0.1) is 21.8 Å². The molecule has 0 bridgehead atoms. The highest BCUT2D eigenvalue weighted by molar-refractivity contribution is 7.98. The number of hydrogen-bond donors (Lipinski definition) is 0. The Kier molecular flexibility index (Phi) is 7.53. The minimum absolute atomic E-state index is 0.0446. The Balaban J connectivity index is 1.81. The number of aromatic nitrogens is 2. The van der Waals surface area contributed by atoms with Crippen LogP contribution in [0.4, 0.5) is 8.78 Å². The molecule has 4 aromatic rings. The van der Waals surface area contributed by atoms with Gasteiger partial charge in [0.1, 0.15) is 11.6 Å². The molecule has 4 rings (SSSR count). The van der Waals surface area contributed by atoms with E-state index in [0.717, 1.165) is 17.5 Å². The summed E-state index contributed by atoms with van der Waals surface area (Å²) in [6.07, 6.45) is 2.83. The molecule has 4 nitrogen and oxygen atoms in total. The first-order valence-electron chi connectivity index (χ1n) is 10.8. The molecule has 0 saturated heterocycles. The number of nitrogens with zero attached hydrogens (tertiary/aromatic N) is 2. The number of imidazole rings is 1. The van der Waals surface area contributed by atoms with Crippen LogP contribution in [0, 0.1) is 11.6 Å². The van der Waals surface area contributed by atoms with E-state index < -0.39 is 21.1 Å². The van der Waals surface area contributed by atoms with E-state index in [1.165, 1.54) is 36.0 Å². The second-order valence-corrected chi connectivity index (χ2v) is 12.5. The first-order valence-corrected chi connectivity index (χ1v) is 14.4. The Morgan fingerprint density at radius 1 is 0.944 bits per heavy atom. The van der Waals surface area contributed by atoms with Crippen LogP contribution in [-0.2, 0) is 21.0 Å². The van der Waals surface area contributed by atoms with E-state index in [-0.39, 0.29) is 15.7 Å². The highest BCUT2D eigenvalue weighted by Gasteiger charge is 2.31. The second kappa shape index (κ2) is 10.2. The summed E-state index contributed by atoms with van der Waals surface area (Å²) < 4.78 is 53.7. The van der Waals surface area contributed by atoms with Crippen molar-refractivity contribution in [3.05, 3.63) is 105 Å². The zero-order valence-corrected chi connectivity index (χ0v) is 22.7. The van der Waals surface area contributed by atoms with E-state index in [4.69, 9.17) is 23.2 Å². The first-order chi connectivity index (χ1) is 16.9. The Labute approximate surface area is 223 Å². The first kappa shape index (κ1) is 26.7. The molecule has 36 heavy (non-hydrogen) atoms. The van der Waals surface area contributed by atoms with Crippen molar-refractivity contribution in [1.82, 2.24) is 9.55 Å². The maximum Gasteiger partial charge on any atom is 0.177 e. The summed E-state index contributed by atoms with van der Waals surface area (Å²) in [5, 5.41) is 1.08. The maximum atomic E-state index is 13.7. The van der Waals surface area contributed by atoms with Crippen LogP contribution in [0.1, 0.15) is 30.7 Å². The molecule has 3 aromatic carbocycles. The summed E-state index contributed by atoms with van der Waals surface area (Å²) in [5.74, 6) is -0.361. The molecule has 0 atom stereocenters. The highest BCUT2D eigenvalue weighted by atomic mass is 35.5. The van der Waals surface area contributed by atoms with Crippen LogP contribution in [0.5, 0.6) is 0 Å². The molecule has 0 saturated carbocycles. The van der Waals surface area contributed by atoms with E-state index in [1.54, 1.807) is 42.6 Å². The lowest BCUT2D eigenvalue weighted by molar-refractivity contribution is 0.587. The second-order valence-electron chi connectivity index (χ2n) is 8.80. The Bertz CT molecular complexity index is 1540. The smallest absolute Gasteiger partial charge is 0.177 e. The van der Waals surface area contributed by atoms with Crippen molar-refractivity contribution in [2.75, 3.05) is 6.26 Å². The van der Waals surface area contributed by atoms with Gasteiger partial charge in [-0.3, -0.25) is 4.57 Å². The number of halogens is 4. The lowest BCUT2D eigenvalue weighted by Crippen LogP contribution is -2.23. The summed E-state index contributed by atoms with van der Waals surface area (Å²) in [4.78, 5) is 4.67. The van der Waals surface area contributed by atoms with E-state index >= 15 is 0 Å². The largest absolute Gasteiger partial charge is 0.291 e. The van der Waals surface area contributed by atoms with Gasteiger partial charge in [0.15, 0.2) is 15.0 Å². The minimum Gasteiger partial charge on any atom is -0.291 e. The summed E-state index contributed by atoms with van der Waals surface area (Å²) in [6.45, 7) is 3.90. The lowest BCUT2D eigenvalue weighted by Gasteiger charge is -2.28. The Morgan fingerprint density at radius 2 is 1.61 bits per heavy atom. The van der Waals surface area contributed by atoms with Gasteiger partial charge < -0.3 is 0 Å². The molecule has 0 aliphatic rings. The van der Waals surface area contributed by atoms with E-state index in [9.17, 15) is 17.2 Å². The number of benzene rings is 3. The number of thioether (sulfide) groups is 1. The van der Waals surface area contributed by atoms with Gasteiger partial charge in [0.25, 0.3) is 0 Å². The van der Waals surface area contributed by atoms with Crippen LogP contribution < -0.4 is 0 Å². The van der Waals surface area contributed by atoms with Crippen molar-refractivity contribution >= 4 is 44.8 Å². The zero-order valence-electron chi connectivity index (χ0n) is 19.6. The van der Waals surface area contributed by atoms with Crippen molar-refractivity contribution in [1.29, 1.82) is 0 Å². The van der Waals surface area contributed by atoms with Crippen LogP contribution in [0.2, 0.25) is 10.0 Å². The number of sulfone groups is 1. The van der Waals surface area contributed by atoms with Gasteiger partial charge in [-0.1, -0.05) is 60.9 Å². The third kappa shape index (κ3) is 5.47. The quantitative estimate of drug-likeness (QED) is 0.217. The van der Waals surface area contributed by atoms with Gasteiger partial charge in [0, 0.05) is 28.1 Å². The maximum absolute atomic E-state index is 13.7. The molecule has 1 heterocycles. The molecule has 0 unspecified atom stereocenters. The molecule has 10 heteroatoms. The van der Waals surface area contributed by atoms with Gasteiger partial charge in [0.2, 0.25) is 0 Å². The van der Waals surface area contributed by atoms with Gasteiger partial charge in [-0.2, -0.15) is 0 Å². The monoisotopic (exact) mass is 566 g/mol. The third-order valence-corrected chi connectivity index (χ3v) is 8.81. The third-order valence-electron chi connectivity index (χ3n) is 5.88. The Morgan fingerprint density at radius 3 is 2.25 bits per heavy atom. The lowest BCUT2D eigenvalue weighted by atomic mass is 9.81. The average molecular weight is 568 g/mol. The van der Waals surface area contributed by atoms with Gasteiger partial charge in [-0.15, -0.1) is 0 Å². The molecule has 0 fully saturated rings. The van der Waals surface area contributed by atoms with Crippen LogP contribution in [0.3, 0.4) is 0 Å². The van der Waals surface area contributed by atoms with Crippen LogP contribution in [0.25, 0.3) is 5.69 Å². The van der Waals surface area contributed by atoms with E-state index in [0.29, 0.717) is 27.2 Å². The summed E-state index contributed by atoms with van der Waals surface area (Å²) in [5.41, 5.74) is 2.19. The molecular weight excluding hydrogens is 545 g/mol. The molecule has 0 spiro atoms. The Hall–Kier alpha value is -2.39. The summed E-state index contributed by atoms with van der Waals surface area (Å²) in [7, 11) is -3.55. The molecule has 0 amide bonds. The van der Waals surface area contributed by atoms with Gasteiger partial charge in [-0.25, -0.2) is 22.2 Å². The fourth-order valence-corrected chi connectivity index (χ4v) is 6.43. The normalized spacial score (nSPS) is 12.2. The standard InChI is InChI=1S/C26H22Cl2F2N2O2S2/c1-26(2,17-5-11-21(27)23(12-17)36(3,33)34)24-14-31-25(32(24)20-9-7-18(29)8-10-20)35-15-16-4-6-19(30)13-22(16)28/h4-14H,15H2,1-3H3. The molecule has 0 N–H and O–H groups in total. The van der Waals surface area contributed by atoms with Crippen molar-refractivity contribution in [3.63, 3.8) is 0 Å². The fourth-order valence-electron chi connectivity index (χ4n) is 3.82.